The maximum absolute atomic E-state index is 14.6. The fourth-order valence-corrected chi connectivity index (χ4v) is 4.90. The molecule has 42 heavy (non-hydrogen) atoms. The summed E-state index contributed by atoms with van der Waals surface area (Å²) >= 11 is 0. The minimum atomic E-state index is -0.349. The van der Waals surface area contributed by atoms with Crippen molar-refractivity contribution < 1.29 is 28.4 Å². The molecule has 0 saturated carbocycles. The Kier molecular flexibility index (Phi) is 13.7. The number of hydrogen-bond donors (Lipinski definition) is 1. The molecule has 0 radical (unpaired) electrons. The number of methoxy groups -OCH3 is 2. The van der Waals surface area contributed by atoms with Crippen molar-refractivity contribution in [2.75, 3.05) is 65.6 Å². The number of halogens is 1. The van der Waals surface area contributed by atoms with Crippen LogP contribution >= 0.6 is 0 Å². The van der Waals surface area contributed by atoms with Gasteiger partial charge in [-0.25, -0.2) is 4.39 Å². The van der Waals surface area contributed by atoms with Crippen molar-refractivity contribution in [3.63, 3.8) is 0 Å². The molecule has 4 rings (SSSR count). The third-order valence-corrected chi connectivity index (χ3v) is 7.37. The van der Waals surface area contributed by atoms with Crippen LogP contribution in [0.15, 0.2) is 54.6 Å². The van der Waals surface area contributed by atoms with Crippen molar-refractivity contribution in [3.8, 4) is 23.0 Å². The summed E-state index contributed by atoms with van der Waals surface area (Å²) in [4.78, 5) is 4.24. The van der Waals surface area contributed by atoms with Gasteiger partial charge in [0, 0.05) is 44.5 Å². The van der Waals surface area contributed by atoms with E-state index in [0.717, 1.165) is 30.8 Å². The van der Waals surface area contributed by atoms with E-state index in [4.69, 9.17) is 18.9 Å². The molecule has 1 N–H and O–H groups in total. The average molecular weight is 583 g/mol. The second-order valence-electron chi connectivity index (χ2n) is 10.3. The van der Waals surface area contributed by atoms with Crippen LogP contribution in [-0.4, -0.2) is 70.7 Å². The third-order valence-electron chi connectivity index (χ3n) is 7.37. The molecule has 0 aromatic heterocycles. The normalized spacial score (nSPS) is 12.3. The quantitative estimate of drug-likeness (QED) is 0.218. The van der Waals surface area contributed by atoms with Crippen molar-refractivity contribution in [1.82, 2.24) is 4.90 Å². The standard InChI is InChI=1S/C24H35FN2O4.C10H12O/c1-6-27(20-9-11-23(28-4)24(17-20)29-5)18-19-8-10-22(21(25)16-19)31-15-13-26(3)12-14-30-7-2;11-10-6-5-8-3-1-2-4-9(8)7-10/h8-11,16-17H,6-7,12-15,18H2,1-5H3;5-7,11H,1-4H2. The van der Waals surface area contributed by atoms with Crippen LogP contribution in [0.3, 0.4) is 0 Å². The number of anilines is 1. The van der Waals surface area contributed by atoms with E-state index >= 15 is 0 Å². The van der Waals surface area contributed by atoms with Crippen molar-refractivity contribution in [2.45, 2.75) is 46.1 Å². The van der Waals surface area contributed by atoms with Crippen molar-refractivity contribution in [1.29, 1.82) is 0 Å². The highest BCUT2D eigenvalue weighted by atomic mass is 19.1. The molecular formula is C34H47FN2O5. The molecule has 3 aromatic rings. The number of phenols is 1. The minimum Gasteiger partial charge on any atom is -0.508 e. The lowest BCUT2D eigenvalue weighted by Gasteiger charge is -2.24. The number of aromatic hydroxyl groups is 1. The van der Waals surface area contributed by atoms with Crippen LogP contribution in [0.5, 0.6) is 23.0 Å². The molecule has 8 heteroatoms. The Hall–Kier alpha value is -3.49. The Morgan fingerprint density at radius 2 is 1.52 bits per heavy atom. The van der Waals surface area contributed by atoms with E-state index in [9.17, 15) is 9.50 Å². The number of ether oxygens (including phenoxy) is 4. The van der Waals surface area contributed by atoms with Crippen LogP contribution in [-0.2, 0) is 24.1 Å². The molecule has 0 aliphatic heterocycles. The topological polar surface area (TPSA) is 63.6 Å². The fourth-order valence-electron chi connectivity index (χ4n) is 4.90. The van der Waals surface area contributed by atoms with E-state index in [2.05, 4.69) is 16.7 Å². The SMILES string of the molecule is CCOCCN(C)CCOc1ccc(CN(CC)c2ccc(OC)c(OC)c2)cc1F.Oc1ccc2c(c1)CCCC2. The molecule has 0 unspecified atom stereocenters. The van der Waals surface area contributed by atoms with Gasteiger partial charge in [0.2, 0.25) is 0 Å². The Bertz CT molecular complexity index is 1240. The summed E-state index contributed by atoms with van der Waals surface area (Å²) in [5.41, 5.74) is 4.62. The molecule has 7 nitrogen and oxygen atoms in total. The average Bonchev–Trinajstić information content (AvgIpc) is 3.01. The third kappa shape index (κ3) is 10.1. The van der Waals surface area contributed by atoms with Crippen LogP contribution < -0.4 is 19.1 Å². The number of phenolic OH excluding ortho intramolecular Hbond substituents is 1. The van der Waals surface area contributed by atoms with Gasteiger partial charge in [0.25, 0.3) is 0 Å². The molecule has 3 aromatic carbocycles. The Labute approximate surface area is 250 Å². The Morgan fingerprint density at radius 3 is 2.21 bits per heavy atom. The highest BCUT2D eigenvalue weighted by molar-refractivity contribution is 5.56. The van der Waals surface area contributed by atoms with Gasteiger partial charge < -0.3 is 33.9 Å². The predicted octanol–water partition coefficient (Wildman–Crippen LogP) is 6.49. The van der Waals surface area contributed by atoms with E-state index in [0.29, 0.717) is 50.2 Å². The number of hydrogen-bond acceptors (Lipinski definition) is 7. The second kappa shape index (κ2) is 17.5. The zero-order chi connectivity index (χ0) is 30.3. The number of nitrogens with zero attached hydrogens (tertiary/aromatic N) is 2. The van der Waals surface area contributed by atoms with E-state index in [1.807, 2.05) is 50.4 Å². The Balaban J connectivity index is 0.000000363. The minimum absolute atomic E-state index is 0.274. The zero-order valence-electron chi connectivity index (χ0n) is 25.8. The van der Waals surface area contributed by atoms with E-state index < -0.39 is 0 Å². The van der Waals surface area contributed by atoms with E-state index in [1.54, 1.807) is 26.4 Å². The second-order valence-corrected chi connectivity index (χ2v) is 10.3. The predicted molar refractivity (Wildman–Crippen MR) is 167 cm³/mol. The molecule has 0 fully saturated rings. The van der Waals surface area contributed by atoms with Gasteiger partial charge in [-0.2, -0.15) is 0 Å². The van der Waals surface area contributed by atoms with Gasteiger partial charge in [0.05, 0.1) is 20.8 Å². The van der Waals surface area contributed by atoms with Gasteiger partial charge >= 0.3 is 0 Å². The molecular weight excluding hydrogens is 535 g/mol. The first-order valence-corrected chi connectivity index (χ1v) is 14.8. The van der Waals surface area contributed by atoms with Crippen LogP contribution in [0.25, 0.3) is 0 Å². The smallest absolute Gasteiger partial charge is 0.165 e. The summed E-state index contributed by atoms with van der Waals surface area (Å²) in [7, 11) is 5.22. The maximum Gasteiger partial charge on any atom is 0.165 e. The molecule has 0 atom stereocenters. The summed E-state index contributed by atoms with van der Waals surface area (Å²) < 4.78 is 36.3. The van der Waals surface area contributed by atoms with Crippen molar-refractivity contribution in [2.24, 2.45) is 0 Å². The van der Waals surface area contributed by atoms with E-state index in [-0.39, 0.29) is 11.6 Å². The molecule has 230 valence electrons. The van der Waals surface area contributed by atoms with Gasteiger partial charge in [-0.05, 0) is 99.7 Å². The summed E-state index contributed by atoms with van der Waals surface area (Å²) in [5.74, 6) is 1.68. The summed E-state index contributed by atoms with van der Waals surface area (Å²) in [6.45, 7) is 8.72. The molecule has 0 spiro atoms. The highest BCUT2D eigenvalue weighted by Crippen LogP contribution is 2.32. The zero-order valence-corrected chi connectivity index (χ0v) is 25.8. The first-order chi connectivity index (χ1) is 20.4. The summed E-state index contributed by atoms with van der Waals surface area (Å²) in [5, 5.41) is 9.19. The van der Waals surface area contributed by atoms with Gasteiger partial charge in [-0.3, -0.25) is 0 Å². The van der Waals surface area contributed by atoms with Gasteiger partial charge in [0.15, 0.2) is 23.1 Å². The number of likely N-dealkylation sites (N-methyl/N-ethyl adjacent to an activating group) is 1. The lowest BCUT2D eigenvalue weighted by Crippen LogP contribution is -2.28. The molecule has 0 saturated heterocycles. The highest BCUT2D eigenvalue weighted by Gasteiger charge is 2.13. The van der Waals surface area contributed by atoms with Crippen LogP contribution in [0.2, 0.25) is 0 Å². The van der Waals surface area contributed by atoms with Crippen molar-refractivity contribution >= 4 is 5.69 Å². The lowest BCUT2D eigenvalue weighted by atomic mass is 9.92. The molecule has 0 bridgehead atoms. The monoisotopic (exact) mass is 582 g/mol. The number of rotatable bonds is 14. The van der Waals surface area contributed by atoms with Gasteiger partial charge in [-0.15, -0.1) is 0 Å². The van der Waals surface area contributed by atoms with Crippen LogP contribution in [0.1, 0.15) is 43.4 Å². The molecule has 1 aliphatic carbocycles. The summed E-state index contributed by atoms with van der Waals surface area (Å²) in [6.07, 6.45) is 4.91. The van der Waals surface area contributed by atoms with Gasteiger partial charge in [-0.1, -0.05) is 12.1 Å². The van der Waals surface area contributed by atoms with Crippen LogP contribution in [0, 0.1) is 5.82 Å². The lowest BCUT2D eigenvalue weighted by molar-refractivity contribution is 0.116. The molecule has 1 aliphatic rings. The van der Waals surface area contributed by atoms with Gasteiger partial charge in [0.1, 0.15) is 12.4 Å². The number of aryl methyl sites for hydroxylation is 2. The molecule has 0 amide bonds. The maximum atomic E-state index is 14.6. The van der Waals surface area contributed by atoms with E-state index in [1.165, 1.54) is 36.5 Å². The largest absolute Gasteiger partial charge is 0.508 e. The van der Waals surface area contributed by atoms with Crippen molar-refractivity contribution in [3.05, 3.63) is 77.1 Å². The first kappa shape index (κ1) is 33.0. The molecule has 0 heterocycles. The first-order valence-electron chi connectivity index (χ1n) is 14.8. The fraction of sp³-hybridized carbons (Fsp3) is 0.471. The summed E-state index contributed by atoms with van der Waals surface area (Å²) in [6, 6.07) is 16.6. The number of benzene rings is 3. The Morgan fingerprint density at radius 1 is 0.810 bits per heavy atom. The van der Waals surface area contributed by atoms with Crippen LogP contribution in [0.4, 0.5) is 10.1 Å². The number of fused-ring (bicyclic) bond motifs is 1.